The Hall–Kier alpha value is -6.39. The average Bonchev–Trinajstić information content (AvgIpc) is 3.44. The summed E-state index contributed by atoms with van der Waals surface area (Å²) in [6, 6.07) is 55.0. The van der Waals surface area contributed by atoms with Crippen molar-refractivity contribution >= 4 is 57.7 Å². The van der Waals surface area contributed by atoms with Gasteiger partial charge in [-0.25, -0.2) is 0 Å². The van der Waals surface area contributed by atoms with Crippen LogP contribution in [0.2, 0.25) is 0 Å². The van der Waals surface area contributed by atoms with Gasteiger partial charge < -0.3 is 14.7 Å². The highest BCUT2D eigenvalue weighted by molar-refractivity contribution is 6.01. The molecule has 53 heavy (non-hydrogen) atoms. The van der Waals surface area contributed by atoms with Crippen LogP contribution in [0.5, 0.6) is 0 Å². The van der Waals surface area contributed by atoms with Crippen LogP contribution in [0.3, 0.4) is 0 Å². The van der Waals surface area contributed by atoms with Crippen molar-refractivity contribution in [2.24, 2.45) is 0 Å². The molecule has 0 spiro atoms. The first-order valence-corrected chi connectivity index (χ1v) is 18.7. The predicted molar refractivity (Wildman–Crippen MR) is 222 cm³/mol. The van der Waals surface area contributed by atoms with E-state index in [2.05, 4.69) is 192 Å². The molecule has 4 heteroatoms. The maximum atomic E-state index is 4.95. The van der Waals surface area contributed by atoms with Crippen molar-refractivity contribution in [2.45, 2.75) is 32.1 Å². The van der Waals surface area contributed by atoms with Crippen molar-refractivity contribution in [1.29, 1.82) is 0 Å². The molecule has 0 saturated heterocycles. The van der Waals surface area contributed by atoms with Crippen LogP contribution in [-0.4, -0.2) is 11.5 Å². The van der Waals surface area contributed by atoms with Crippen molar-refractivity contribution in [3.63, 3.8) is 0 Å². The third kappa shape index (κ3) is 5.16. The third-order valence-electron chi connectivity index (χ3n) is 11.3. The van der Waals surface area contributed by atoms with E-state index in [1.165, 1.54) is 51.2 Å². The molecule has 0 atom stereocenters. The maximum Gasteiger partial charge on any atom is 0.0704 e. The van der Waals surface area contributed by atoms with E-state index >= 15 is 0 Å². The molecule has 0 unspecified atom stereocenters. The number of nitrogens with zero attached hydrogens (tertiary/aromatic N) is 4. The van der Waals surface area contributed by atoms with E-state index in [9.17, 15) is 0 Å². The third-order valence-corrected chi connectivity index (χ3v) is 11.3. The molecule has 1 aliphatic carbocycles. The lowest BCUT2D eigenvalue weighted by atomic mass is 9.81. The fraction of sp³-hybridized carbons (Fsp3) is 0.122. The lowest BCUT2D eigenvalue weighted by molar-refractivity contribution is 0.659. The molecule has 0 saturated carbocycles. The van der Waals surface area contributed by atoms with Crippen LogP contribution in [0.1, 0.15) is 48.2 Å². The summed E-state index contributed by atoms with van der Waals surface area (Å²) in [6.07, 6.45) is 8.65. The molecule has 2 aliphatic heterocycles. The van der Waals surface area contributed by atoms with Crippen LogP contribution < -0.4 is 14.7 Å². The van der Waals surface area contributed by atoms with Crippen LogP contribution in [-0.2, 0) is 11.8 Å². The number of hydrogen-bond acceptors (Lipinski definition) is 4. The Balaban J connectivity index is 0.929. The lowest BCUT2D eigenvalue weighted by Gasteiger charge is -2.40. The Morgan fingerprint density at radius 3 is 1.79 bits per heavy atom. The lowest BCUT2D eigenvalue weighted by Crippen LogP contribution is -2.25. The van der Waals surface area contributed by atoms with Gasteiger partial charge in [-0.05, 0) is 119 Å². The van der Waals surface area contributed by atoms with Crippen LogP contribution in [0.25, 0.3) is 23.3 Å². The van der Waals surface area contributed by atoms with Crippen LogP contribution in [0.4, 0.5) is 45.5 Å². The number of aryl methyl sites for hydroxylation is 1. The zero-order valence-corrected chi connectivity index (χ0v) is 30.1. The number of benzene rings is 6. The fourth-order valence-electron chi connectivity index (χ4n) is 8.70. The van der Waals surface area contributed by atoms with Crippen molar-refractivity contribution in [3.8, 4) is 11.1 Å². The van der Waals surface area contributed by atoms with Gasteiger partial charge in [0, 0.05) is 29.0 Å². The molecule has 0 amide bonds. The largest absolute Gasteiger partial charge is 0.341 e. The van der Waals surface area contributed by atoms with Gasteiger partial charge in [-0.2, -0.15) is 0 Å². The Bertz CT molecular complexity index is 2480. The summed E-state index contributed by atoms with van der Waals surface area (Å²) < 4.78 is 0. The monoisotopic (exact) mass is 684 g/mol. The molecule has 6 aromatic carbocycles. The topological polar surface area (TPSA) is 22.6 Å². The molecule has 0 fully saturated rings. The molecule has 0 radical (unpaired) electrons. The zero-order chi connectivity index (χ0) is 35.5. The minimum atomic E-state index is -0.100. The quantitative estimate of drug-likeness (QED) is 0.180. The number of aromatic nitrogens is 1. The minimum Gasteiger partial charge on any atom is -0.341 e. The average molecular weight is 685 g/mol. The normalized spacial score (nSPS) is 15.1. The van der Waals surface area contributed by atoms with E-state index in [-0.39, 0.29) is 5.41 Å². The molecule has 256 valence electrons. The van der Waals surface area contributed by atoms with Gasteiger partial charge in [0.1, 0.15) is 0 Å². The standard InChI is InChI=1S/C49H40N4/c1-49(2)42-31-34(23-28-40(42)41-29-27-38(32-43(41)49)51-30-12-14-35-13-6-7-17-44(35)51)22-24-36-25-26-39(33-50-36)53-47-20-10-8-18-45(47)52(37-15-4-3-5-16-37)46-19-9-11-21-48(46)53/h3-11,13,15-29,31-33H,12,14,30H2,1-2H3. The van der Waals surface area contributed by atoms with Crippen LogP contribution >= 0.6 is 0 Å². The van der Waals surface area contributed by atoms with Gasteiger partial charge in [0.25, 0.3) is 0 Å². The molecule has 4 nitrogen and oxygen atoms in total. The molecule has 0 bridgehead atoms. The van der Waals surface area contributed by atoms with E-state index < -0.39 is 0 Å². The number of fused-ring (bicyclic) bond motifs is 6. The fourth-order valence-corrected chi connectivity index (χ4v) is 8.70. The number of para-hydroxylation sites is 6. The first-order valence-electron chi connectivity index (χ1n) is 18.7. The Morgan fingerprint density at radius 1 is 0.528 bits per heavy atom. The van der Waals surface area contributed by atoms with Gasteiger partial charge in [-0.3, -0.25) is 4.98 Å². The predicted octanol–water partition coefficient (Wildman–Crippen LogP) is 12.9. The maximum absolute atomic E-state index is 4.95. The SMILES string of the molecule is CC1(C)c2cc(C=Cc3ccc(N4c5ccccc5N(c5ccccc5)c5ccccc54)cn3)ccc2-c2ccc(N3CCCc4ccccc43)cc21. The number of rotatable bonds is 5. The summed E-state index contributed by atoms with van der Waals surface area (Å²) in [5.41, 5.74) is 18.2. The van der Waals surface area contributed by atoms with Gasteiger partial charge in [0.15, 0.2) is 0 Å². The highest BCUT2D eigenvalue weighted by Gasteiger charge is 2.36. The molecule has 3 aliphatic rings. The molecule has 1 aromatic heterocycles. The van der Waals surface area contributed by atoms with E-state index in [0.29, 0.717) is 0 Å². The van der Waals surface area contributed by atoms with E-state index in [4.69, 9.17) is 4.98 Å². The first kappa shape index (κ1) is 31.4. The Labute approximate surface area is 311 Å². The smallest absolute Gasteiger partial charge is 0.0704 e. The highest BCUT2D eigenvalue weighted by Crippen LogP contribution is 2.54. The second-order valence-electron chi connectivity index (χ2n) is 14.8. The summed E-state index contributed by atoms with van der Waals surface area (Å²) in [4.78, 5) is 12.1. The zero-order valence-electron chi connectivity index (χ0n) is 30.1. The summed E-state index contributed by atoms with van der Waals surface area (Å²) >= 11 is 0. The van der Waals surface area contributed by atoms with Gasteiger partial charge in [0.05, 0.1) is 40.3 Å². The van der Waals surface area contributed by atoms with Crippen molar-refractivity contribution in [3.05, 3.63) is 186 Å². The number of hydrogen-bond donors (Lipinski definition) is 0. The van der Waals surface area contributed by atoms with E-state index in [1.54, 1.807) is 0 Å². The van der Waals surface area contributed by atoms with Crippen molar-refractivity contribution in [2.75, 3.05) is 21.2 Å². The van der Waals surface area contributed by atoms with Crippen molar-refractivity contribution < 1.29 is 0 Å². The highest BCUT2D eigenvalue weighted by atomic mass is 15.3. The van der Waals surface area contributed by atoms with Gasteiger partial charge >= 0.3 is 0 Å². The molecular weight excluding hydrogens is 645 g/mol. The van der Waals surface area contributed by atoms with Crippen LogP contribution in [0, 0.1) is 0 Å². The molecule has 7 aromatic rings. The summed E-state index contributed by atoms with van der Waals surface area (Å²) in [6.45, 7) is 5.79. The molecular formula is C49H40N4. The number of anilines is 8. The first-order chi connectivity index (χ1) is 26.0. The molecule has 10 rings (SSSR count). The second kappa shape index (κ2) is 12.4. The van der Waals surface area contributed by atoms with E-state index in [1.807, 2.05) is 6.20 Å². The summed E-state index contributed by atoms with van der Waals surface area (Å²) in [5, 5.41) is 0. The van der Waals surface area contributed by atoms with Gasteiger partial charge in [-0.1, -0.05) is 105 Å². The summed E-state index contributed by atoms with van der Waals surface area (Å²) in [7, 11) is 0. The Kier molecular flexibility index (Phi) is 7.33. The van der Waals surface area contributed by atoms with Gasteiger partial charge in [0.2, 0.25) is 0 Å². The number of pyridine rings is 1. The van der Waals surface area contributed by atoms with Gasteiger partial charge in [-0.15, -0.1) is 0 Å². The van der Waals surface area contributed by atoms with Crippen molar-refractivity contribution in [1.82, 2.24) is 4.98 Å². The molecule has 3 heterocycles. The summed E-state index contributed by atoms with van der Waals surface area (Å²) in [5.74, 6) is 0. The molecule has 0 N–H and O–H groups in total. The second-order valence-corrected chi connectivity index (χ2v) is 14.8. The minimum absolute atomic E-state index is 0.100. The van der Waals surface area contributed by atoms with E-state index in [0.717, 1.165) is 52.8 Å². The van der Waals surface area contributed by atoms with Crippen LogP contribution in [0.15, 0.2) is 158 Å². The Morgan fingerprint density at radius 2 is 1.11 bits per heavy atom.